The van der Waals surface area contributed by atoms with E-state index in [9.17, 15) is 15.0 Å². The molecule has 4 heteroatoms. The molecule has 3 N–H and O–H groups in total. The van der Waals surface area contributed by atoms with Gasteiger partial charge in [-0.05, 0) is 103 Å². The second kappa shape index (κ2) is 55.1. The van der Waals surface area contributed by atoms with Gasteiger partial charge >= 0.3 is 0 Å². The first-order valence-corrected chi connectivity index (χ1v) is 27.2. The highest BCUT2D eigenvalue weighted by atomic mass is 16.3. The molecule has 0 aliphatic carbocycles. The maximum absolute atomic E-state index is 12.4. The van der Waals surface area contributed by atoms with Gasteiger partial charge in [-0.3, -0.25) is 4.79 Å². The molecule has 0 saturated heterocycles. The first kappa shape index (κ1) is 61.8. The summed E-state index contributed by atoms with van der Waals surface area (Å²) in [5.74, 6) is -0.114. The van der Waals surface area contributed by atoms with Crippen LogP contribution >= 0.6 is 0 Å². The lowest BCUT2D eigenvalue weighted by Gasteiger charge is -2.19. The topological polar surface area (TPSA) is 69.6 Å². The average Bonchev–Trinajstić information content (AvgIpc) is 3.31. The Balaban J connectivity index is 3.70. The Morgan fingerprint density at radius 3 is 1.08 bits per heavy atom. The monoisotopic (exact) mass is 898 g/mol. The summed E-state index contributed by atoms with van der Waals surface area (Å²) in [7, 11) is 0. The minimum absolute atomic E-state index is 0.114. The van der Waals surface area contributed by atoms with Crippen molar-refractivity contribution < 1.29 is 15.0 Å². The van der Waals surface area contributed by atoms with Gasteiger partial charge in [-0.1, -0.05) is 251 Å². The van der Waals surface area contributed by atoms with E-state index in [4.69, 9.17) is 0 Å². The fourth-order valence-electron chi connectivity index (χ4n) is 7.54. The van der Waals surface area contributed by atoms with Gasteiger partial charge in [-0.25, -0.2) is 0 Å². The minimum Gasteiger partial charge on any atom is -0.394 e. The molecular weight excluding hydrogens is 795 g/mol. The van der Waals surface area contributed by atoms with Crippen LogP contribution in [0.4, 0.5) is 0 Å². The summed E-state index contributed by atoms with van der Waals surface area (Å²) in [5.41, 5.74) is 0. The third-order valence-corrected chi connectivity index (χ3v) is 11.7. The molecule has 2 unspecified atom stereocenters. The highest BCUT2D eigenvalue weighted by molar-refractivity contribution is 5.76. The third-order valence-electron chi connectivity index (χ3n) is 11.7. The maximum Gasteiger partial charge on any atom is 0.220 e. The summed E-state index contributed by atoms with van der Waals surface area (Å²) in [5, 5.41) is 23.1. The van der Waals surface area contributed by atoms with Crippen molar-refractivity contribution >= 4 is 5.91 Å². The van der Waals surface area contributed by atoms with Crippen LogP contribution in [0.5, 0.6) is 0 Å². The first-order chi connectivity index (χ1) is 32.2. The van der Waals surface area contributed by atoms with E-state index < -0.39 is 12.1 Å². The van der Waals surface area contributed by atoms with Gasteiger partial charge in [0.15, 0.2) is 0 Å². The lowest BCUT2D eigenvalue weighted by atomic mass is 10.0. The predicted octanol–water partition coefficient (Wildman–Crippen LogP) is 18.1. The van der Waals surface area contributed by atoms with Crippen molar-refractivity contribution in [2.45, 2.75) is 251 Å². The van der Waals surface area contributed by atoms with Crippen molar-refractivity contribution in [1.82, 2.24) is 5.32 Å². The van der Waals surface area contributed by atoms with Gasteiger partial charge in [-0.2, -0.15) is 0 Å². The molecule has 370 valence electrons. The summed E-state index contributed by atoms with van der Waals surface area (Å²) < 4.78 is 0. The molecule has 2 atom stereocenters. The molecular formula is C61H103NO3. The lowest BCUT2D eigenvalue weighted by molar-refractivity contribution is -0.123. The van der Waals surface area contributed by atoms with E-state index in [-0.39, 0.29) is 12.5 Å². The summed E-state index contributed by atoms with van der Waals surface area (Å²) in [6.07, 6.45) is 84.9. The summed E-state index contributed by atoms with van der Waals surface area (Å²) in [6, 6.07) is -0.674. The van der Waals surface area contributed by atoms with Crippen LogP contribution in [0.3, 0.4) is 0 Å². The number of allylic oxidation sites excluding steroid dienone is 19. The van der Waals surface area contributed by atoms with Gasteiger partial charge in [0.05, 0.1) is 18.8 Å². The van der Waals surface area contributed by atoms with Crippen molar-refractivity contribution in [3.8, 4) is 0 Å². The van der Waals surface area contributed by atoms with Crippen molar-refractivity contribution in [3.63, 3.8) is 0 Å². The van der Waals surface area contributed by atoms with Crippen LogP contribution in [-0.4, -0.2) is 34.9 Å². The average molecular weight is 898 g/mol. The van der Waals surface area contributed by atoms with Crippen molar-refractivity contribution in [1.29, 1.82) is 0 Å². The second-order valence-electron chi connectivity index (χ2n) is 17.9. The molecule has 4 nitrogen and oxygen atoms in total. The third kappa shape index (κ3) is 51.6. The van der Waals surface area contributed by atoms with Crippen molar-refractivity contribution in [3.05, 3.63) is 122 Å². The summed E-state index contributed by atoms with van der Waals surface area (Å²) in [6.45, 7) is 4.17. The Morgan fingerprint density at radius 2 is 0.692 bits per heavy atom. The number of rotatable bonds is 48. The van der Waals surface area contributed by atoms with Crippen molar-refractivity contribution in [2.24, 2.45) is 0 Å². The van der Waals surface area contributed by atoms with Crippen LogP contribution < -0.4 is 5.32 Å². The zero-order valence-electron chi connectivity index (χ0n) is 42.5. The molecule has 0 aromatic heterocycles. The van der Waals surface area contributed by atoms with Crippen LogP contribution in [-0.2, 0) is 4.79 Å². The van der Waals surface area contributed by atoms with E-state index in [0.29, 0.717) is 6.42 Å². The first-order valence-electron chi connectivity index (χ1n) is 27.2. The van der Waals surface area contributed by atoms with E-state index >= 15 is 0 Å². The molecule has 0 saturated carbocycles. The fourth-order valence-corrected chi connectivity index (χ4v) is 7.54. The molecule has 0 rings (SSSR count). The Bertz CT molecular complexity index is 1290. The number of hydrogen-bond acceptors (Lipinski definition) is 3. The molecule has 0 aromatic carbocycles. The van der Waals surface area contributed by atoms with Gasteiger partial charge < -0.3 is 15.5 Å². The molecule has 65 heavy (non-hydrogen) atoms. The molecule has 1 amide bonds. The Kier molecular flexibility index (Phi) is 52.4. The molecule has 0 aliphatic rings. The van der Waals surface area contributed by atoms with E-state index in [1.165, 1.54) is 122 Å². The number of carbonyl (C=O) groups excluding carboxylic acids is 1. The Hall–Kier alpha value is -3.21. The number of nitrogens with one attached hydrogen (secondary N) is 1. The minimum atomic E-state index is -0.895. The highest BCUT2D eigenvalue weighted by Crippen LogP contribution is 2.15. The summed E-state index contributed by atoms with van der Waals surface area (Å²) >= 11 is 0. The number of aliphatic hydroxyl groups is 2. The van der Waals surface area contributed by atoms with Crippen LogP contribution in [0.25, 0.3) is 0 Å². The number of carbonyl (C=O) groups is 1. The molecule has 0 fully saturated rings. The normalized spacial score (nSPS) is 13.8. The van der Waals surface area contributed by atoms with Gasteiger partial charge in [0.25, 0.3) is 0 Å². The van der Waals surface area contributed by atoms with Crippen LogP contribution in [0.1, 0.15) is 239 Å². The fraction of sp³-hybridized carbons (Fsp3) is 0.656. The van der Waals surface area contributed by atoms with Crippen LogP contribution in [0.2, 0.25) is 0 Å². The molecule has 0 radical (unpaired) electrons. The maximum atomic E-state index is 12.4. The number of amides is 1. The van der Waals surface area contributed by atoms with Gasteiger partial charge in [0.1, 0.15) is 0 Å². The Labute approximate surface area is 403 Å². The van der Waals surface area contributed by atoms with Gasteiger partial charge in [0.2, 0.25) is 5.91 Å². The molecule has 0 aromatic rings. The van der Waals surface area contributed by atoms with Crippen LogP contribution in [0.15, 0.2) is 122 Å². The van der Waals surface area contributed by atoms with Gasteiger partial charge in [0, 0.05) is 6.42 Å². The smallest absolute Gasteiger partial charge is 0.220 e. The number of hydrogen-bond donors (Lipinski definition) is 3. The van der Waals surface area contributed by atoms with E-state index in [1.807, 2.05) is 6.08 Å². The number of unbranched alkanes of at least 4 members (excludes halogenated alkanes) is 23. The predicted molar refractivity (Wildman–Crippen MR) is 289 cm³/mol. The molecule has 0 aliphatic heterocycles. The van der Waals surface area contributed by atoms with Crippen molar-refractivity contribution in [2.75, 3.05) is 6.61 Å². The number of aliphatic hydroxyl groups excluding tert-OH is 2. The zero-order valence-corrected chi connectivity index (χ0v) is 42.5. The molecule has 0 bridgehead atoms. The largest absolute Gasteiger partial charge is 0.394 e. The quantitative estimate of drug-likeness (QED) is 0.0421. The standard InChI is InChI=1S/C61H103NO3/c1-3-5-7-9-11-13-15-17-19-21-23-25-27-29-30-31-33-34-36-38-40-42-44-46-48-50-52-54-56-60(64)59(58-63)62-61(65)57-55-53-51-49-47-45-43-41-39-37-35-32-28-26-24-22-20-18-16-14-12-10-8-6-4-2/h6,8,12,14,18,20,24,26,32,35,38-41,45-48,54,56,59-60,63-64H,3-5,7,9-11,13,15-17,19,21-23,25,27-31,33-34,36-37,42-44,49-53,55,57-58H2,1-2H3,(H,62,65)/b8-6-,14-12-,20-18-,26-24-,35-32-,40-38+,41-39-,47-45-,48-46+,56-54+. The van der Waals surface area contributed by atoms with Gasteiger partial charge in [-0.15, -0.1) is 0 Å². The van der Waals surface area contributed by atoms with E-state index in [0.717, 1.165) is 96.3 Å². The second-order valence-corrected chi connectivity index (χ2v) is 17.9. The zero-order chi connectivity index (χ0) is 47.0. The lowest BCUT2D eigenvalue weighted by Crippen LogP contribution is -2.45. The van der Waals surface area contributed by atoms with E-state index in [2.05, 4.69) is 129 Å². The molecule has 0 heterocycles. The molecule has 0 spiro atoms. The van der Waals surface area contributed by atoms with Crippen LogP contribution in [0, 0.1) is 0 Å². The SMILES string of the molecule is CC/C=C\C/C=C\C/C=C\C/C=C\C/C=C\C/C=C\C/C=C\CCCCCC(=O)NC(CO)C(O)/C=C/CC/C=C/CC/C=C/CCCCCCCCCCCCCCCCCCCC. The highest BCUT2D eigenvalue weighted by Gasteiger charge is 2.17. The van der Waals surface area contributed by atoms with E-state index in [1.54, 1.807) is 6.08 Å². The Morgan fingerprint density at radius 1 is 0.385 bits per heavy atom. The summed E-state index contributed by atoms with van der Waals surface area (Å²) in [4.78, 5) is 12.4.